The normalized spacial score (nSPS) is 12.1. The van der Waals surface area contributed by atoms with Crippen LogP contribution in [-0.4, -0.2) is 30.1 Å². The number of hydrogen-bond donors (Lipinski definition) is 2. The molecule has 2 heterocycles. The van der Waals surface area contributed by atoms with Gasteiger partial charge in [-0.1, -0.05) is 23.7 Å². The molecule has 0 radical (unpaired) electrons. The predicted molar refractivity (Wildman–Crippen MR) is 126 cm³/mol. The van der Waals surface area contributed by atoms with Gasteiger partial charge in [-0.05, 0) is 48.0 Å². The lowest BCUT2D eigenvalue weighted by Crippen LogP contribution is -2.32. The third-order valence-corrected chi connectivity index (χ3v) is 5.99. The van der Waals surface area contributed by atoms with E-state index in [1.165, 1.54) is 47.2 Å². The summed E-state index contributed by atoms with van der Waals surface area (Å²) in [5, 5.41) is 0.622. The summed E-state index contributed by atoms with van der Waals surface area (Å²) < 4.78 is 66.8. The van der Waals surface area contributed by atoms with Crippen molar-refractivity contribution in [2.75, 3.05) is 6.26 Å². The van der Waals surface area contributed by atoms with Crippen LogP contribution in [0.1, 0.15) is 21.6 Å². The molecular weight excluding hydrogens is 507 g/mol. The second-order valence-corrected chi connectivity index (χ2v) is 9.97. The molecule has 4 rings (SSSR count). The summed E-state index contributed by atoms with van der Waals surface area (Å²) >= 11 is 6.18. The van der Waals surface area contributed by atoms with Gasteiger partial charge in [0.1, 0.15) is 5.69 Å². The zero-order chi connectivity index (χ0) is 25.5. The number of fused-ring (bicyclic) bond motifs is 1. The fourth-order valence-electron chi connectivity index (χ4n) is 3.86. The highest BCUT2D eigenvalue weighted by molar-refractivity contribution is 7.89. The number of aromatic nitrogens is 2. The molecule has 4 aromatic rings. The fourth-order valence-corrected chi connectivity index (χ4v) is 4.47. The first-order chi connectivity index (χ1) is 16.3. The Morgan fingerprint density at radius 2 is 1.86 bits per heavy atom. The molecule has 0 bridgehead atoms. The van der Waals surface area contributed by atoms with Crippen LogP contribution >= 0.6 is 11.6 Å². The monoisotopic (exact) mass is 523 g/mol. The van der Waals surface area contributed by atoms with Gasteiger partial charge in [0.25, 0.3) is 11.5 Å². The number of nitrogens with one attached hydrogen (secondary N) is 2. The first-order valence-electron chi connectivity index (χ1n) is 10.0. The van der Waals surface area contributed by atoms with Crippen molar-refractivity contribution in [2.24, 2.45) is 0 Å². The van der Waals surface area contributed by atoms with Gasteiger partial charge in [-0.15, -0.1) is 0 Å². The van der Waals surface area contributed by atoms with Gasteiger partial charge < -0.3 is 9.55 Å². The molecule has 0 saturated heterocycles. The molecule has 1 amide bonds. The van der Waals surface area contributed by atoms with Crippen molar-refractivity contribution in [1.82, 2.24) is 14.3 Å². The van der Waals surface area contributed by atoms with Crippen LogP contribution in [0.2, 0.25) is 5.02 Å². The number of aromatic amines is 1. The van der Waals surface area contributed by atoms with Crippen LogP contribution in [0.15, 0.2) is 65.6 Å². The average molecular weight is 524 g/mol. The predicted octanol–water partition coefficient (Wildman–Crippen LogP) is 4.41. The molecule has 0 unspecified atom stereocenters. The maximum Gasteiger partial charge on any atom is 0.416 e. The largest absolute Gasteiger partial charge is 0.416 e. The van der Waals surface area contributed by atoms with E-state index in [0.29, 0.717) is 10.9 Å². The van der Waals surface area contributed by atoms with Crippen molar-refractivity contribution < 1.29 is 26.4 Å². The lowest BCUT2D eigenvalue weighted by Gasteiger charge is -2.14. The van der Waals surface area contributed by atoms with Crippen LogP contribution in [0.3, 0.4) is 0 Å². The number of benzene rings is 2. The Balaban J connectivity index is 2.05. The first kappa shape index (κ1) is 24.6. The number of nitrogens with zero attached hydrogens (tertiary/aromatic N) is 1. The van der Waals surface area contributed by atoms with E-state index in [2.05, 4.69) is 4.98 Å². The average Bonchev–Trinajstić information content (AvgIpc) is 3.05. The first-order valence-corrected chi connectivity index (χ1v) is 12.3. The molecule has 12 heteroatoms. The number of amides is 1. The number of carbonyl (C=O) groups is 1. The van der Waals surface area contributed by atoms with Crippen LogP contribution in [0.25, 0.3) is 22.0 Å². The summed E-state index contributed by atoms with van der Waals surface area (Å²) in [4.78, 5) is 28.4. The summed E-state index contributed by atoms with van der Waals surface area (Å²) in [5.41, 5.74) is -0.937. The number of sulfonamides is 1. The molecule has 0 aliphatic carbocycles. The van der Waals surface area contributed by atoms with E-state index in [9.17, 15) is 31.2 Å². The zero-order valence-corrected chi connectivity index (χ0v) is 19.6. The Hall–Kier alpha value is -3.57. The maximum absolute atomic E-state index is 13.3. The summed E-state index contributed by atoms with van der Waals surface area (Å²) in [7, 11) is -4.02. The molecule has 0 aliphatic heterocycles. The number of hydrogen-bond acceptors (Lipinski definition) is 4. The van der Waals surface area contributed by atoms with Crippen molar-refractivity contribution >= 4 is 38.4 Å². The zero-order valence-electron chi connectivity index (χ0n) is 18.0. The van der Waals surface area contributed by atoms with Crippen molar-refractivity contribution in [3.05, 3.63) is 93.0 Å². The second-order valence-electron chi connectivity index (χ2n) is 7.79. The van der Waals surface area contributed by atoms with E-state index >= 15 is 0 Å². The van der Waals surface area contributed by atoms with Crippen LogP contribution in [0.5, 0.6) is 0 Å². The molecule has 7 nitrogen and oxygen atoms in total. The lowest BCUT2D eigenvalue weighted by atomic mass is 10.0. The van der Waals surface area contributed by atoms with Gasteiger partial charge in [0.05, 0.1) is 11.8 Å². The SMILES string of the molecule is CS(=O)(=O)NC(=O)c1c(-c2ccc[nH]c2=O)c2cc(Cl)ccc2n1Cc1cccc(C(F)(F)F)c1. The summed E-state index contributed by atoms with van der Waals surface area (Å²) in [5.74, 6) is -1.05. The standard InChI is InChI=1S/C23H17ClF3N3O4S/c1-35(33,34)29-22(32)20-19(16-6-3-9-28-21(16)31)17-11-15(24)7-8-18(17)30(20)12-13-4-2-5-14(10-13)23(25,26)27/h2-11H,12H2,1H3,(H,28,31)(H,29,32). The fraction of sp³-hybridized carbons (Fsp3) is 0.130. The van der Waals surface area contributed by atoms with Gasteiger partial charge in [0.15, 0.2) is 0 Å². The van der Waals surface area contributed by atoms with Gasteiger partial charge in [-0.2, -0.15) is 13.2 Å². The van der Waals surface area contributed by atoms with Crippen molar-refractivity contribution in [3.63, 3.8) is 0 Å². The van der Waals surface area contributed by atoms with E-state index < -0.39 is 33.2 Å². The van der Waals surface area contributed by atoms with Gasteiger partial charge in [0.2, 0.25) is 10.0 Å². The molecule has 0 saturated carbocycles. The van der Waals surface area contributed by atoms with Crippen molar-refractivity contribution in [2.45, 2.75) is 12.7 Å². The highest BCUT2D eigenvalue weighted by atomic mass is 35.5. The minimum atomic E-state index is -4.58. The molecule has 0 atom stereocenters. The third kappa shape index (κ3) is 5.10. The molecule has 182 valence electrons. The highest BCUT2D eigenvalue weighted by Gasteiger charge is 2.31. The van der Waals surface area contributed by atoms with E-state index in [1.54, 1.807) is 6.07 Å². The Bertz CT molecular complexity index is 1630. The van der Waals surface area contributed by atoms with Gasteiger partial charge >= 0.3 is 6.18 Å². The molecule has 35 heavy (non-hydrogen) atoms. The van der Waals surface area contributed by atoms with Crippen LogP contribution in [0.4, 0.5) is 13.2 Å². The van der Waals surface area contributed by atoms with Crippen molar-refractivity contribution in [3.8, 4) is 11.1 Å². The second kappa shape index (κ2) is 8.90. The number of pyridine rings is 1. The number of alkyl halides is 3. The number of halogens is 4. The van der Waals surface area contributed by atoms with Gasteiger partial charge in [-0.3, -0.25) is 9.59 Å². The van der Waals surface area contributed by atoms with E-state index in [-0.39, 0.29) is 34.0 Å². The Labute approximate surface area is 202 Å². The molecule has 0 fully saturated rings. The summed E-state index contributed by atoms with van der Waals surface area (Å²) in [6.07, 6.45) is -2.41. The van der Waals surface area contributed by atoms with E-state index in [0.717, 1.165) is 18.4 Å². The van der Waals surface area contributed by atoms with E-state index in [4.69, 9.17) is 11.6 Å². The van der Waals surface area contributed by atoms with Crippen LogP contribution in [0, 0.1) is 0 Å². The molecule has 0 aliphatic rings. The van der Waals surface area contributed by atoms with Gasteiger partial charge in [0, 0.05) is 39.8 Å². The smallest absolute Gasteiger partial charge is 0.331 e. The highest BCUT2D eigenvalue weighted by Crippen LogP contribution is 2.36. The van der Waals surface area contributed by atoms with Crippen LogP contribution < -0.4 is 10.3 Å². The minimum absolute atomic E-state index is 0.0567. The number of carbonyl (C=O) groups excluding carboxylic acids is 1. The Morgan fingerprint density at radius 1 is 1.11 bits per heavy atom. The lowest BCUT2D eigenvalue weighted by molar-refractivity contribution is -0.137. The van der Waals surface area contributed by atoms with Crippen molar-refractivity contribution in [1.29, 1.82) is 0 Å². The third-order valence-electron chi connectivity index (χ3n) is 5.20. The van der Waals surface area contributed by atoms with Gasteiger partial charge in [-0.25, -0.2) is 13.1 Å². The quantitative estimate of drug-likeness (QED) is 0.405. The van der Waals surface area contributed by atoms with Crippen LogP contribution in [-0.2, 0) is 22.7 Å². The number of rotatable bonds is 5. The summed E-state index contributed by atoms with van der Waals surface area (Å²) in [6, 6.07) is 12.1. The Kier molecular flexibility index (Phi) is 6.24. The maximum atomic E-state index is 13.3. The number of H-pyrrole nitrogens is 1. The minimum Gasteiger partial charge on any atom is -0.331 e. The van der Waals surface area contributed by atoms with E-state index in [1.807, 2.05) is 4.72 Å². The Morgan fingerprint density at radius 3 is 2.51 bits per heavy atom. The molecule has 2 aromatic heterocycles. The molecular formula is C23H17ClF3N3O4S. The summed E-state index contributed by atoms with van der Waals surface area (Å²) in [6.45, 7) is -0.223. The molecule has 0 spiro atoms. The topological polar surface area (TPSA) is 101 Å². The molecule has 2 N–H and O–H groups in total. The molecule has 2 aromatic carbocycles.